The number of carbonyl (C=O) groups excluding carboxylic acids is 1. The van der Waals surface area contributed by atoms with Crippen molar-refractivity contribution in [3.05, 3.63) is 60.2 Å². The van der Waals surface area contributed by atoms with Crippen LogP contribution in [0.5, 0.6) is 0 Å². The number of piperidine rings is 1. The van der Waals surface area contributed by atoms with Gasteiger partial charge in [-0.1, -0.05) is 37.3 Å². The highest BCUT2D eigenvalue weighted by molar-refractivity contribution is 7.89. The zero-order valence-electron chi connectivity index (χ0n) is 16.1. The summed E-state index contributed by atoms with van der Waals surface area (Å²) in [5.41, 5.74) is 2.00. The standard InChI is InChI=1S/C21H27N3O3S/c1-2-17-7-6-8-19(15-17)22-21(25)16-24-13-11-18(12-14-24)23-28(26,27)20-9-4-3-5-10-20/h3-10,15,18,23H,2,11-14,16H2,1H3,(H,22,25). The minimum Gasteiger partial charge on any atom is -0.325 e. The second-order valence-electron chi connectivity index (χ2n) is 7.09. The van der Waals surface area contributed by atoms with Crippen molar-refractivity contribution in [1.82, 2.24) is 9.62 Å². The maximum atomic E-state index is 12.4. The lowest BCUT2D eigenvalue weighted by Gasteiger charge is -2.31. The zero-order valence-corrected chi connectivity index (χ0v) is 16.9. The van der Waals surface area contributed by atoms with Crippen LogP contribution in [0, 0.1) is 0 Å². The fourth-order valence-corrected chi connectivity index (χ4v) is 4.69. The van der Waals surface area contributed by atoms with Crippen molar-refractivity contribution in [3.8, 4) is 0 Å². The first-order valence-corrected chi connectivity index (χ1v) is 11.1. The summed E-state index contributed by atoms with van der Waals surface area (Å²) < 4.78 is 27.6. The Bertz CT molecular complexity index is 892. The van der Waals surface area contributed by atoms with E-state index in [1.807, 2.05) is 24.3 Å². The van der Waals surface area contributed by atoms with E-state index in [-0.39, 0.29) is 16.8 Å². The van der Waals surface area contributed by atoms with E-state index in [0.717, 1.165) is 12.1 Å². The van der Waals surface area contributed by atoms with Gasteiger partial charge in [-0.05, 0) is 49.1 Å². The Kier molecular flexibility index (Phi) is 6.83. The van der Waals surface area contributed by atoms with Crippen molar-refractivity contribution >= 4 is 21.6 Å². The molecule has 0 spiro atoms. The Morgan fingerprint density at radius 2 is 1.79 bits per heavy atom. The predicted molar refractivity (Wildman–Crippen MR) is 111 cm³/mol. The Morgan fingerprint density at radius 3 is 2.46 bits per heavy atom. The van der Waals surface area contributed by atoms with Crippen LogP contribution in [0.15, 0.2) is 59.5 Å². The molecule has 0 saturated carbocycles. The highest BCUT2D eigenvalue weighted by Gasteiger charge is 2.25. The third kappa shape index (κ3) is 5.64. The van der Waals surface area contributed by atoms with Gasteiger partial charge in [0.2, 0.25) is 15.9 Å². The van der Waals surface area contributed by atoms with Gasteiger partial charge in [0.25, 0.3) is 0 Å². The predicted octanol–water partition coefficient (Wildman–Crippen LogP) is 2.63. The minimum absolute atomic E-state index is 0.0448. The summed E-state index contributed by atoms with van der Waals surface area (Å²) >= 11 is 0. The number of hydrogen-bond donors (Lipinski definition) is 2. The summed E-state index contributed by atoms with van der Waals surface area (Å²) in [6, 6.07) is 16.2. The molecule has 3 rings (SSSR count). The summed E-state index contributed by atoms with van der Waals surface area (Å²) in [4.78, 5) is 14.7. The van der Waals surface area contributed by atoms with Gasteiger partial charge >= 0.3 is 0 Å². The quantitative estimate of drug-likeness (QED) is 0.748. The van der Waals surface area contributed by atoms with Crippen LogP contribution in [-0.4, -0.2) is 44.9 Å². The van der Waals surface area contributed by atoms with E-state index in [0.29, 0.717) is 32.5 Å². The highest BCUT2D eigenvalue weighted by Crippen LogP contribution is 2.15. The van der Waals surface area contributed by atoms with Crippen LogP contribution in [-0.2, 0) is 21.2 Å². The molecule has 2 aromatic carbocycles. The van der Waals surface area contributed by atoms with E-state index in [4.69, 9.17) is 0 Å². The van der Waals surface area contributed by atoms with Crippen LogP contribution in [0.25, 0.3) is 0 Å². The minimum atomic E-state index is -3.50. The van der Waals surface area contributed by atoms with E-state index in [2.05, 4.69) is 21.9 Å². The van der Waals surface area contributed by atoms with Gasteiger partial charge in [0.15, 0.2) is 0 Å². The number of rotatable bonds is 7. The van der Waals surface area contributed by atoms with Crippen molar-refractivity contribution in [2.45, 2.75) is 37.1 Å². The van der Waals surface area contributed by atoms with Crippen LogP contribution in [0.4, 0.5) is 5.69 Å². The van der Waals surface area contributed by atoms with E-state index in [9.17, 15) is 13.2 Å². The molecule has 6 nitrogen and oxygen atoms in total. The van der Waals surface area contributed by atoms with Crippen LogP contribution in [0.2, 0.25) is 0 Å². The van der Waals surface area contributed by atoms with Crippen LogP contribution in [0.1, 0.15) is 25.3 Å². The molecular weight excluding hydrogens is 374 g/mol. The maximum absolute atomic E-state index is 12.4. The lowest BCUT2D eigenvalue weighted by atomic mass is 10.1. The summed E-state index contributed by atoms with van der Waals surface area (Å²) in [6.07, 6.45) is 2.30. The van der Waals surface area contributed by atoms with E-state index in [1.54, 1.807) is 30.3 Å². The van der Waals surface area contributed by atoms with Crippen molar-refractivity contribution in [2.75, 3.05) is 25.0 Å². The summed E-state index contributed by atoms with van der Waals surface area (Å²) in [7, 11) is -3.50. The number of likely N-dealkylation sites (tertiary alicyclic amines) is 1. The number of benzene rings is 2. The number of aryl methyl sites for hydroxylation is 1. The summed E-state index contributed by atoms with van der Waals surface area (Å²) in [5.74, 6) is -0.0448. The normalized spacial score (nSPS) is 16.0. The second kappa shape index (κ2) is 9.32. The topological polar surface area (TPSA) is 78.5 Å². The molecular formula is C21H27N3O3S. The van der Waals surface area contributed by atoms with Gasteiger partial charge in [-0.3, -0.25) is 9.69 Å². The van der Waals surface area contributed by atoms with Crippen molar-refractivity contribution in [3.63, 3.8) is 0 Å². The maximum Gasteiger partial charge on any atom is 0.240 e. The zero-order chi connectivity index (χ0) is 20.0. The van der Waals surface area contributed by atoms with Crippen molar-refractivity contribution in [2.24, 2.45) is 0 Å². The highest BCUT2D eigenvalue weighted by atomic mass is 32.2. The molecule has 1 aliphatic heterocycles. The van der Waals surface area contributed by atoms with Gasteiger partial charge in [0.05, 0.1) is 11.4 Å². The average molecular weight is 402 g/mol. The molecule has 0 atom stereocenters. The first-order chi connectivity index (χ1) is 13.5. The second-order valence-corrected chi connectivity index (χ2v) is 8.80. The number of nitrogens with one attached hydrogen (secondary N) is 2. The molecule has 1 amide bonds. The molecule has 2 N–H and O–H groups in total. The first kappa shape index (κ1) is 20.5. The van der Waals surface area contributed by atoms with Gasteiger partial charge in [0.1, 0.15) is 0 Å². The van der Waals surface area contributed by atoms with Gasteiger partial charge in [0, 0.05) is 24.8 Å². The number of amides is 1. The molecule has 150 valence electrons. The molecule has 0 aliphatic carbocycles. The number of hydrogen-bond acceptors (Lipinski definition) is 4. The smallest absolute Gasteiger partial charge is 0.240 e. The molecule has 1 heterocycles. The summed E-state index contributed by atoms with van der Waals surface area (Å²) in [5, 5.41) is 2.94. The fraction of sp³-hybridized carbons (Fsp3) is 0.381. The number of carbonyl (C=O) groups is 1. The lowest BCUT2D eigenvalue weighted by molar-refractivity contribution is -0.117. The fourth-order valence-electron chi connectivity index (χ4n) is 3.37. The monoisotopic (exact) mass is 401 g/mol. The lowest BCUT2D eigenvalue weighted by Crippen LogP contribution is -2.46. The Hall–Kier alpha value is -2.22. The molecule has 7 heteroatoms. The van der Waals surface area contributed by atoms with E-state index in [1.165, 1.54) is 5.56 Å². The largest absolute Gasteiger partial charge is 0.325 e. The van der Waals surface area contributed by atoms with E-state index < -0.39 is 10.0 Å². The third-order valence-electron chi connectivity index (χ3n) is 4.95. The molecule has 28 heavy (non-hydrogen) atoms. The molecule has 1 saturated heterocycles. The molecule has 0 bridgehead atoms. The molecule has 2 aromatic rings. The van der Waals surface area contributed by atoms with Gasteiger partial charge < -0.3 is 5.32 Å². The Labute approximate surface area is 167 Å². The third-order valence-corrected chi connectivity index (χ3v) is 6.49. The molecule has 0 radical (unpaired) electrons. The Balaban J connectivity index is 1.47. The molecule has 1 aliphatic rings. The van der Waals surface area contributed by atoms with Crippen molar-refractivity contribution in [1.29, 1.82) is 0 Å². The summed E-state index contributed by atoms with van der Waals surface area (Å²) in [6.45, 7) is 3.76. The average Bonchev–Trinajstić information content (AvgIpc) is 2.70. The first-order valence-electron chi connectivity index (χ1n) is 9.65. The molecule has 0 aromatic heterocycles. The Morgan fingerprint density at radius 1 is 1.07 bits per heavy atom. The molecule has 1 fully saturated rings. The number of sulfonamides is 1. The van der Waals surface area contributed by atoms with Crippen molar-refractivity contribution < 1.29 is 13.2 Å². The SMILES string of the molecule is CCc1cccc(NC(=O)CN2CCC(NS(=O)(=O)c3ccccc3)CC2)c1. The van der Waals surface area contributed by atoms with Gasteiger partial charge in [-0.25, -0.2) is 13.1 Å². The molecule has 0 unspecified atom stereocenters. The van der Waals surface area contributed by atoms with Crippen LogP contribution >= 0.6 is 0 Å². The van der Waals surface area contributed by atoms with Crippen LogP contribution < -0.4 is 10.0 Å². The van der Waals surface area contributed by atoms with Gasteiger partial charge in [-0.2, -0.15) is 0 Å². The van der Waals surface area contributed by atoms with E-state index >= 15 is 0 Å². The number of anilines is 1. The van der Waals surface area contributed by atoms with Gasteiger partial charge in [-0.15, -0.1) is 0 Å². The number of nitrogens with zero attached hydrogens (tertiary/aromatic N) is 1. The van der Waals surface area contributed by atoms with Crippen LogP contribution in [0.3, 0.4) is 0 Å².